The van der Waals surface area contributed by atoms with Gasteiger partial charge >= 0.3 is 11.9 Å². The molecule has 0 saturated carbocycles. The Bertz CT molecular complexity index is 256. The van der Waals surface area contributed by atoms with Crippen LogP contribution in [0.5, 0.6) is 0 Å². The molecule has 0 radical (unpaired) electrons. The molecular weight excluding hydrogens is 210 g/mol. The van der Waals surface area contributed by atoms with Crippen molar-refractivity contribution in [1.29, 1.82) is 0 Å². The van der Waals surface area contributed by atoms with Gasteiger partial charge in [-0.3, -0.25) is 0 Å². The van der Waals surface area contributed by atoms with Crippen LogP contribution < -0.4 is 0 Å². The van der Waals surface area contributed by atoms with Gasteiger partial charge in [0.25, 0.3) is 0 Å². The van der Waals surface area contributed by atoms with Gasteiger partial charge in [0.1, 0.15) is 5.60 Å². The van der Waals surface area contributed by atoms with Gasteiger partial charge in [-0.25, -0.2) is 4.79 Å². The van der Waals surface area contributed by atoms with Crippen LogP contribution >= 0.6 is 0 Å². The van der Waals surface area contributed by atoms with Gasteiger partial charge in [0, 0.05) is 19.4 Å². The molecule has 1 heterocycles. The van der Waals surface area contributed by atoms with Gasteiger partial charge in [-0.1, -0.05) is 6.92 Å². The van der Waals surface area contributed by atoms with Crippen LogP contribution in [0.2, 0.25) is 0 Å². The smallest absolute Gasteiger partial charge is 0.377 e. The molecule has 4 nitrogen and oxygen atoms in total. The van der Waals surface area contributed by atoms with Crippen molar-refractivity contribution in [3.8, 4) is 0 Å². The van der Waals surface area contributed by atoms with E-state index in [1.165, 1.54) is 0 Å². The third kappa shape index (κ3) is 2.10. The van der Waals surface area contributed by atoms with Crippen LogP contribution in [-0.4, -0.2) is 40.4 Å². The maximum absolute atomic E-state index is 13.2. The molecule has 15 heavy (non-hydrogen) atoms. The average molecular weight is 224 g/mol. The first-order chi connectivity index (χ1) is 6.83. The van der Waals surface area contributed by atoms with E-state index in [4.69, 9.17) is 9.84 Å². The standard InChI is InChI=1S/C9H14F2O4/c1-2-6-5-8(14,3-4-15-6)9(10,11)7(12)13/h6,14H,2-5H2,1H3,(H,12,13). The molecular formula is C9H14F2O4. The van der Waals surface area contributed by atoms with Crippen molar-refractivity contribution in [1.82, 2.24) is 0 Å². The lowest BCUT2D eigenvalue weighted by Crippen LogP contribution is -2.57. The van der Waals surface area contributed by atoms with Crippen molar-refractivity contribution >= 4 is 5.97 Å². The van der Waals surface area contributed by atoms with E-state index in [-0.39, 0.29) is 19.4 Å². The molecule has 1 fully saturated rings. The molecule has 1 rings (SSSR count). The molecule has 1 aliphatic rings. The van der Waals surface area contributed by atoms with Crippen molar-refractivity contribution in [2.45, 2.75) is 43.8 Å². The number of ether oxygens (including phenoxy) is 1. The molecule has 1 saturated heterocycles. The quantitative estimate of drug-likeness (QED) is 0.751. The van der Waals surface area contributed by atoms with Crippen LogP contribution in [0, 0.1) is 0 Å². The summed E-state index contributed by atoms with van der Waals surface area (Å²) in [5.41, 5.74) is -2.49. The summed E-state index contributed by atoms with van der Waals surface area (Å²) in [6, 6.07) is 0. The Morgan fingerprint density at radius 3 is 2.73 bits per heavy atom. The van der Waals surface area contributed by atoms with Gasteiger partial charge in [-0.15, -0.1) is 0 Å². The summed E-state index contributed by atoms with van der Waals surface area (Å²) in [4.78, 5) is 10.4. The van der Waals surface area contributed by atoms with Crippen LogP contribution in [0.3, 0.4) is 0 Å². The Morgan fingerprint density at radius 1 is 1.67 bits per heavy atom. The Balaban J connectivity index is 2.85. The van der Waals surface area contributed by atoms with E-state index < -0.39 is 23.6 Å². The van der Waals surface area contributed by atoms with E-state index in [2.05, 4.69) is 0 Å². The predicted octanol–water partition coefficient (Wildman–Crippen LogP) is 1.03. The normalized spacial score (nSPS) is 32.7. The number of aliphatic hydroxyl groups is 1. The van der Waals surface area contributed by atoms with Gasteiger partial charge in [0.15, 0.2) is 0 Å². The summed E-state index contributed by atoms with van der Waals surface area (Å²) in [5.74, 6) is -6.41. The van der Waals surface area contributed by atoms with Crippen LogP contribution in [0.4, 0.5) is 8.78 Å². The van der Waals surface area contributed by atoms with Crippen molar-refractivity contribution in [3.63, 3.8) is 0 Å². The molecule has 0 aromatic rings. The van der Waals surface area contributed by atoms with Crippen LogP contribution in [0.1, 0.15) is 26.2 Å². The van der Waals surface area contributed by atoms with Gasteiger partial charge < -0.3 is 14.9 Å². The lowest BCUT2D eigenvalue weighted by molar-refractivity contribution is -0.234. The molecule has 0 aromatic heterocycles. The topological polar surface area (TPSA) is 66.8 Å². The Morgan fingerprint density at radius 2 is 2.27 bits per heavy atom. The molecule has 2 atom stereocenters. The summed E-state index contributed by atoms with van der Waals surface area (Å²) < 4.78 is 31.6. The molecule has 0 aliphatic carbocycles. The molecule has 0 amide bonds. The second-order valence-corrected chi connectivity index (χ2v) is 3.77. The molecule has 0 aromatic carbocycles. The third-order valence-electron chi connectivity index (χ3n) is 2.74. The van der Waals surface area contributed by atoms with Crippen molar-refractivity contribution in [3.05, 3.63) is 0 Å². The number of rotatable bonds is 3. The summed E-state index contributed by atoms with van der Waals surface area (Å²) in [5, 5.41) is 18.0. The second kappa shape index (κ2) is 4.02. The highest BCUT2D eigenvalue weighted by Crippen LogP contribution is 2.39. The van der Waals surface area contributed by atoms with E-state index in [9.17, 15) is 18.7 Å². The minimum Gasteiger partial charge on any atom is -0.477 e. The third-order valence-corrected chi connectivity index (χ3v) is 2.74. The van der Waals surface area contributed by atoms with Gasteiger partial charge in [0.2, 0.25) is 0 Å². The highest BCUT2D eigenvalue weighted by Gasteiger charge is 2.60. The average Bonchev–Trinajstić information content (AvgIpc) is 2.17. The number of aliphatic carboxylic acids is 1. The van der Waals surface area contributed by atoms with E-state index in [1.807, 2.05) is 0 Å². The van der Waals surface area contributed by atoms with Crippen molar-refractivity contribution < 1.29 is 28.5 Å². The monoisotopic (exact) mass is 224 g/mol. The lowest BCUT2D eigenvalue weighted by atomic mass is 9.83. The molecule has 1 aliphatic heterocycles. The fourth-order valence-corrected chi connectivity index (χ4v) is 1.68. The van der Waals surface area contributed by atoms with E-state index in [0.29, 0.717) is 6.42 Å². The minimum absolute atomic E-state index is 0.0438. The second-order valence-electron chi connectivity index (χ2n) is 3.77. The molecule has 0 spiro atoms. The number of halogens is 2. The fourth-order valence-electron chi connectivity index (χ4n) is 1.68. The SMILES string of the molecule is CCC1CC(O)(C(F)(F)C(=O)O)CCO1. The zero-order valence-corrected chi connectivity index (χ0v) is 8.37. The highest BCUT2D eigenvalue weighted by molar-refractivity contribution is 5.77. The van der Waals surface area contributed by atoms with Gasteiger partial charge in [0.05, 0.1) is 6.10 Å². The zero-order valence-electron chi connectivity index (χ0n) is 8.37. The Hall–Kier alpha value is -0.750. The first kappa shape index (κ1) is 12.3. The summed E-state index contributed by atoms with van der Waals surface area (Å²) >= 11 is 0. The number of alkyl halides is 2. The predicted molar refractivity (Wildman–Crippen MR) is 46.8 cm³/mol. The van der Waals surface area contributed by atoms with E-state index in [1.54, 1.807) is 6.92 Å². The summed E-state index contributed by atoms with van der Waals surface area (Å²) in [6.07, 6.45) is -0.738. The lowest BCUT2D eigenvalue weighted by Gasteiger charge is -2.39. The molecule has 2 N–H and O–H groups in total. The first-order valence-electron chi connectivity index (χ1n) is 4.78. The maximum Gasteiger partial charge on any atom is 0.377 e. The Kier molecular flexibility index (Phi) is 3.30. The molecule has 88 valence electrons. The number of carboxylic acids is 1. The van der Waals surface area contributed by atoms with E-state index in [0.717, 1.165) is 0 Å². The number of hydrogen-bond acceptors (Lipinski definition) is 3. The maximum atomic E-state index is 13.2. The highest BCUT2D eigenvalue weighted by atomic mass is 19.3. The van der Waals surface area contributed by atoms with Crippen LogP contribution in [0.15, 0.2) is 0 Å². The zero-order chi connectivity index (χ0) is 11.7. The van der Waals surface area contributed by atoms with Gasteiger partial charge in [-0.05, 0) is 6.42 Å². The summed E-state index contributed by atoms with van der Waals surface area (Å²) in [7, 11) is 0. The van der Waals surface area contributed by atoms with Gasteiger partial charge in [-0.2, -0.15) is 8.78 Å². The molecule has 6 heteroatoms. The van der Waals surface area contributed by atoms with Crippen LogP contribution in [-0.2, 0) is 9.53 Å². The number of carbonyl (C=O) groups is 1. The number of carboxylic acid groups (broad SMARTS) is 1. The molecule has 0 bridgehead atoms. The summed E-state index contributed by atoms with van der Waals surface area (Å²) in [6.45, 7) is 1.69. The van der Waals surface area contributed by atoms with Crippen molar-refractivity contribution in [2.75, 3.05) is 6.61 Å². The van der Waals surface area contributed by atoms with Crippen LogP contribution in [0.25, 0.3) is 0 Å². The Labute approximate surface area is 85.8 Å². The minimum atomic E-state index is -4.12. The van der Waals surface area contributed by atoms with E-state index >= 15 is 0 Å². The first-order valence-corrected chi connectivity index (χ1v) is 4.78. The van der Waals surface area contributed by atoms with Crippen molar-refractivity contribution in [2.24, 2.45) is 0 Å². The number of hydrogen-bond donors (Lipinski definition) is 2. The molecule has 2 unspecified atom stereocenters. The largest absolute Gasteiger partial charge is 0.477 e. The fraction of sp³-hybridized carbons (Fsp3) is 0.889.